The summed E-state index contributed by atoms with van der Waals surface area (Å²) in [5.74, 6) is -0.538. The summed E-state index contributed by atoms with van der Waals surface area (Å²) in [7, 11) is 0. The average Bonchev–Trinajstić information content (AvgIpc) is 3.79. The summed E-state index contributed by atoms with van der Waals surface area (Å²) in [6.45, 7) is 11.1. The number of carbonyl (C=O) groups is 3. The number of rotatable bonds is 8. The Hall–Kier alpha value is -3.64. The molecule has 50 heavy (non-hydrogen) atoms. The van der Waals surface area contributed by atoms with E-state index in [4.69, 9.17) is 14.5 Å². The van der Waals surface area contributed by atoms with E-state index < -0.39 is 23.8 Å². The molecule has 11 nitrogen and oxygen atoms in total. The Labute approximate surface area is 300 Å². The smallest absolute Gasteiger partial charge is 0.408 e. The number of amidine groups is 1. The second kappa shape index (κ2) is 16.1. The summed E-state index contributed by atoms with van der Waals surface area (Å²) in [5, 5.41) is 8.04. The van der Waals surface area contributed by atoms with E-state index in [9.17, 15) is 14.4 Å². The molecule has 12 heteroatoms. The minimum Gasteiger partial charge on any atom is -0.455 e. The van der Waals surface area contributed by atoms with Gasteiger partial charge in [0.15, 0.2) is 0 Å². The minimum atomic E-state index is -0.804. The lowest BCUT2D eigenvalue weighted by atomic mass is 9.80. The molecule has 1 saturated carbocycles. The Morgan fingerprint density at radius 2 is 1.72 bits per heavy atom. The van der Waals surface area contributed by atoms with Gasteiger partial charge in [0, 0.05) is 24.0 Å². The molecule has 1 aromatic carbocycles. The fraction of sp³-hybridized carbons (Fsp3) is 0.632. The van der Waals surface area contributed by atoms with E-state index in [1.54, 1.807) is 16.2 Å². The molecule has 1 aliphatic carbocycles. The van der Waals surface area contributed by atoms with Crippen LogP contribution in [0.4, 0.5) is 4.79 Å². The van der Waals surface area contributed by atoms with E-state index in [1.165, 1.54) is 19.3 Å². The van der Waals surface area contributed by atoms with Crippen molar-refractivity contribution in [3.05, 3.63) is 58.3 Å². The summed E-state index contributed by atoms with van der Waals surface area (Å²) >= 11 is 1.57. The Balaban J connectivity index is 1.20. The summed E-state index contributed by atoms with van der Waals surface area (Å²) in [4.78, 5) is 54.1. The molecule has 6 rings (SSSR count). The number of amides is 3. The van der Waals surface area contributed by atoms with Crippen molar-refractivity contribution in [3.8, 4) is 0 Å². The van der Waals surface area contributed by atoms with Gasteiger partial charge < -0.3 is 34.8 Å². The topological polar surface area (TPSA) is 116 Å². The molecule has 4 atom stereocenters. The fourth-order valence-corrected chi connectivity index (χ4v) is 8.50. The van der Waals surface area contributed by atoms with E-state index >= 15 is 0 Å². The highest BCUT2D eigenvalue weighted by Gasteiger charge is 2.44. The number of nitrogens with zero attached hydrogens (tertiary/aromatic N) is 4. The van der Waals surface area contributed by atoms with Crippen LogP contribution >= 0.6 is 11.3 Å². The molecule has 0 spiro atoms. The van der Waals surface area contributed by atoms with Gasteiger partial charge in [-0.3, -0.25) is 9.59 Å². The number of aliphatic imine (C=N–C) groups is 1. The third-order valence-electron chi connectivity index (χ3n) is 10.4. The van der Waals surface area contributed by atoms with Gasteiger partial charge in [0.25, 0.3) is 6.02 Å². The first-order valence-electron chi connectivity index (χ1n) is 18.4. The van der Waals surface area contributed by atoms with Crippen molar-refractivity contribution in [1.29, 1.82) is 0 Å². The lowest BCUT2D eigenvalue weighted by Crippen LogP contribution is -2.65. The molecule has 3 amide bonds. The predicted octanol–water partition coefficient (Wildman–Crippen LogP) is 5.33. The van der Waals surface area contributed by atoms with Crippen LogP contribution < -0.4 is 10.6 Å². The molecule has 1 aromatic heterocycles. The first kappa shape index (κ1) is 36.2. The second-order valence-electron chi connectivity index (χ2n) is 15.2. The van der Waals surface area contributed by atoms with Crippen LogP contribution in [0.2, 0.25) is 0 Å². The van der Waals surface area contributed by atoms with Crippen LogP contribution in [0.25, 0.3) is 0 Å². The molecule has 3 fully saturated rings. The van der Waals surface area contributed by atoms with Crippen LogP contribution in [0.5, 0.6) is 0 Å². The lowest BCUT2D eigenvalue weighted by Gasteiger charge is -2.44. The highest BCUT2D eigenvalue weighted by molar-refractivity contribution is 7.09. The van der Waals surface area contributed by atoms with Crippen LogP contribution in [-0.4, -0.2) is 101 Å². The van der Waals surface area contributed by atoms with Gasteiger partial charge in [-0.05, 0) is 102 Å². The van der Waals surface area contributed by atoms with Crippen LogP contribution in [0, 0.1) is 5.92 Å². The Morgan fingerprint density at radius 1 is 0.980 bits per heavy atom. The van der Waals surface area contributed by atoms with Crippen molar-refractivity contribution in [2.75, 3.05) is 32.7 Å². The highest BCUT2D eigenvalue weighted by Crippen LogP contribution is 2.34. The molecule has 4 heterocycles. The Kier molecular flexibility index (Phi) is 11.7. The summed E-state index contributed by atoms with van der Waals surface area (Å²) in [6.07, 6.45) is 6.57. The number of piperidine rings is 1. The maximum absolute atomic E-state index is 14.7. The maximum Gasteiger partial charge on any atom is 0.408 e. The molecule has 2 saturated heterocycles. The van der Waals surface area contributed by atoms with Gasteiger partial charge in [-0.25, -0.2) is 9.79 Å². The molecular weight excluding hydrogens is 653 g/mol. The van der Waals surface area contributed by atoms with Crippen molar-refractivity contribution in [1.82, 2.24) is 25.3 Å². The first-order chi connectivity index (χ1) is 24.1. The number of benzene rings is 1. The second-order valence-corrected chi connectivity index (χ2v) is 16.2. The third-order valence-corrected chi connectivity index (χ3v) is 11.3. The molecule has 2 aromatic rings. The molecule has 0 bridgehead atoms. The quantitative estimate of drug-likeness (QED) is 0.382. The lowest BCUT2D eigenvalue weighted by molar-refractivity contribution is -0.146. The number of thiophene rings is 1. The molecule has 272 valence electrons. The minimum absolute atomic E-state index is 0.0565. The van der Waals surface area contributed by atoms with Crippen molar-refractivity contribution in [2.45, 2.75) is 115 Å². The SMILES string of the molecule is C[C@@H]1N=C(N2CCN(C(=O)[C@H](NC(=O)OC(C)(C)C)[C@H]3CC[C@H](N4CCCCC4)CC3)[C@H](C(=O)NCc3cccs3)C2)O[C@H]1c1ccccc1. The summed E-state index contributed by atoms with van der Waals surface area (Å²) < 4.78 is 12.1. The molecule has 4 aliphatic rings. The van der Waals surface area contributed by atoms with E-state index in [0.29, 0.717) is 25.2 Å². The van der Waals surface area contributed by atoms with Gasteiger partial charge in [0.05, 0.1) is 19.1 Å². The summed E-state index contributed by atoms with van der Waals surface area (Å²) in [5.41, 5.74) is 0.333. The predicted molar refractivity (Wildman–Crippen MR) is 195 cm³/mol. The standard InChI is InChI=1S/C38H54N6O5S/c1-26-33(28-12-7-5-8-13-28)48-36(40-26)43-21-22-44(31(25-43)34(45)39-24-30-14-11-23-50-30)35(46)32(41-37(47)49-38(2,3)4)27-15-17-29(18-16-27)42-19-9-6-10-20-42/h5,7-8,11-14,23,26-27,29,31-33H,6,9-10,15-22,24-25H2,1-4H3,(H,39,45)(H,41,47)/t26-,27-,29-,31-,32+,33+/m0/s1. The Bertz CT molecular complexity index is 1470. The highest BCUT2D eigenvalue weighted by atomic mass is 32.1. The molecule has 0 unspecified atom stereocenters. The molecule has 2 N–H and O–H groups in total. The van der Waals surface area contributed by atoms with Gasteiger partial charge >= 0.3 is 6.09 Å². The molecular formula is C38H54N6O5S. The summed E-state index contributed by atoms with van der Waals surface area (Å²) in [6, 6.07) is 13.3. The van der Waals surface area contributed by atoms with Crippen molar-refractivity contribution >= 4 is 35.3 Å². The molecule has 0 radical (unpaired) electrons. The Morgan fingerprint density at radius 3 is 2.40 bits per heavy atom. The van der Waals surface area contributed by atoms with Gasteiger partial charge in [-0.2, -0.15) is 0 Å². The van der Waals surface area contributed by atoms with Gasteiger partial charge in [-0.1, -0.05) is 42.8 Å². The zero-order valence-electron chi connectivity index (χ0n) is 30.0. The van der Waals surface area contributed by atoms with E-state index in [0.717, 1.165) is 49.2 Å². The third kappa shape index (κ3) is 8.98. The fourth-order valence-electron chi connectivity index (χ4n) is 7.86. The van der Waals surface area contributed by atoms with Crippen LogP contribution in [-0.2, 0) is 25.6 Å². The maximum atomic E-state index is 14.7. The van der Waals surface area contributed by atoms with Crippen molar-refractivity contribution in [2.24, 2.45) is 10.9 Å². The zero-order chi connectivity index (χ0) is 35.3. The number of carbonyl (C=O) groups excluding carboxylic acids is 3. The number of piperazine rings is 1. The van der Waals surface area contributed by atoms with Crippen LogP contribution in [0.1, 0.15) is 89.2 Å². The number of hydrogen-bond acceptors (Lipinski definition) is 9. The van der Waals surface area contributed by atoms with Gasteiger partial charge in [-0.15, -0.1) is 11.3 Å². The number of hydrogen-bond donors (Lipinski definition) is 2. The first-order valence-corrected chi connectivity index (χ1v) is 19.3. The largest absolute Gasteiger partial charge is 0.455 e. The van der Waals surface area contributed by atoms with Crippen LogP contribution in [0.15, 0.2) is 52.8 Å². The van der Waals surface area contributed by atoms with Gasteiger partial charge in [0.1, 0.15) is 23.8 Å². The zero-order valence-corrected chi connectivity index (χ0v) is 30.8. The average molecular weight is 707 g/mol. The van der Waals surface area contributed by atoms with E-state index in [1.807, 2.05) is 80.4 Å². The van der Waals surface area contributed by atoms with Crippen LogP contribution in [0.3, 0.4) is 0 Å². The van der Waals surface area contributed by atoms with Crippen molar-refractivity contribution in [3.63, 3.8) is 0 Å². The van der Waals surface area contributed by atoms with Gasteiger partial charge in [0.2, 0.25) is 11.8 Å². The normalized spacial score (nSPS) is 26.8. The monoisotopic (exact) mass is 706 g/mol. The van der Waals surface area contributed by atoms with E-state index in [2.05, 4.69) is 15.5 Å². The van der Waals surface area contributed by atoms with Crippen molar-refractivity contribution < 1.29 is 23.9 Å². The van der Waals surface area contributed by atoms with E-state index in [-0.39, 0.29) is 43.0 Å². The number of nitrogens with one attached hydrogen (secondary N) is 2. The number of likely N-dealkylation sites (tertiary alicyclic amines) is 1. The molecule has 3 aliphatic heterocycles. The number of alkyl carbamates (subject to hydrolysis) is 1. The number of ether oxygens (including phenoxy) is 2.